The van der Waals surface area contributed by atoms with Crippen molar-refractivity contribution in [3.05, 3.63) is 89.5 Å². The van der Waals surface area contributed by atoms with E-state index in [-0.39, 0.29) is 24.6 Å². The molecule has 1 heterocycles. The first-order chi connectivity index (χ1) is 18.3. The first-order valence-electron chi connectivity index (χ1n) is 11.8. The van der Waals surface area contributed by atoms with Gasteiger partial charge in [0, 0.05) is 17.8 Å². The first kappa shape index (κ1) is 26.9. The number of rotatable bonds is 6. The molecule has 0 spiro atoms. The van der Waals surface area contributed by atoms with Gasteiger partial charge in [-0.05, 0) is 61.9 Å². The largest absolute Gasteiger partial charge is 0.481 e. The Bertz CT molecular complexity index is 1500. The number of sulfonamides is 1. The molecule has 0 saturated carbocycles. The van der Waals surface area contributed by atoms with Gasteiger partial charge in [0.25, 0.3) is 11.8 Å². The highest BCUT2D eigenvalue weighted by Crippen LogP contribution is 2.33. The Hall–Kier alpha value is -4.17. The molecule has 9 nitrogen and oxygen atoms in total. The van der Waals surface area contributed by atoms with Crippen molar-refractivity contribution >= 4 is 27.5 Å². The van der Waals surface area contributed by atoms with Gasteiger partial charge in [-0.25, -0.2) is 13.9 Å². The summed E-state index contributed by atoms with van der Waals surface area (Å²) in [5.41, 5.74) is 3.84. The number of benzene rings is 3. The average Bonchev–Trinajstić information content (AvgIpc) is 3.10. The summed E-state index contributed by atoms with van der Waals surface area (Å²) in [6, 6.07) is 18.2. The van der Waals surface area contributed by atoms with Crippen LogP contribution in [-0.2, 0) is 21.4 Å². The molecule has 1 aliphatic heterocycles. The van der Waals surface area contributed by atoms with E-state index >= 15 is 0 Å². The van der Waals surface area contributed by atoms with Crippen molar-refractivity contribution in [2.45, 2.75) is 31.3 Å². The van der Waals surface area contributed by atoms with Gasteiger partial charge in [-0.1, -0.05) is 41.8 Å². The summed E-state index contributed by atoms with van der Waals surface area (Å²) in [5, 5.41) is 9.52. The smallest absolute Gasteiger partial charge is 0.263 e. The first-order valence-corrected chi connectivity index (χ1v) is 13.2. The summed E-state index contributed by atoms with van der Waals surface area (Å²) >= 11 is 0. The van der Waals surface area contributed by atoms with E-state index in [0.29, 0.717) is 22.6 Å². The fourth-order valence-corrected chi connectivity index (χ4v) is 5.81. The fraction of sp³-hybridized carbons (Fsp3) is 0.214. The molecular weight excluding hydrogens is 506 g/mol. The van der Waals surface area contributed by atoms with Gasteiger partial charge in [0.15, 0.2) is 0 Å². The molecule has 0 aliphatic carbocycles. The van der Waals surface area contributed by atoms with E-state index in [0.717, 1.165) is 9.87 Å². The van der Waals surface area contributed by atoms with Crippen LogP contribution in [-0.4, -0.2) is 48.9 Å². The van der Waals surface area contributed by atoms with Crippen LogP contribution in [0.3, 0.4) is 0 Å². The second-order valence-electron chi connectivity index (χ2n) is 8.64. The van der Waals surface area contributed by atoms with Crippen LogP contribution in [0.15, 0.2) is 77.7 Å². The summed E-state index contributed by atoms with van der Waals surface area (Å²) in [4.78, 5) is 27.8. The number of hydroxylamine groups is 1. The van der Waals surface area contributed by atoms with Gasteiger partial charge < -0.3 is 9.64 Å². The number of carbonyl (C=O) groups is 2. The highest BCUT2D eigenvalue weighted by Gasteiger charge is 2.41. The van der Waals surface area contributed by atoms with Crippen molar-refractivity contribution in [3.63, 3.8) is 0 Å². The van der Waals surface area contributed by atoms with Crippen LogP contribution in [0.1, 0.15) is 28.4 Å². The van der Waals surface area contributed by atoms with Gasteiger partial charge in [0.05, 0.1) is 11.4 Å². The lowest BCUT2D eigenvalue weighted by Gasteiger charge is -2.29. The molecule has 1 unspecified atom stereocenters. The van der Waals surface area contributed by atoms with Gasteiger partial charge in [-0.2, -0.15) is 4.31 Å². The van der Waals surface area contributed by atoms with Crippen LogP contribution in [0.25, 0.3) is 0 Å². The van der Waals surface area contributed by atoms with Crippen LogP contribution in [0.2, 0.25) is 0 Å². The molecule has 1 aliphatic rings. The van der Waals surface area contributed by atoms with Crippen molar-refractivity contribution in [3.8, 4) is 17.6 Å². The van der Waals surface area contributed by atoms with E-state index in [9.17, 15) is 23.2 Å². The molecular formula is C28H27N3O6S. The van der Waals surface area contributed by atoms with E-state index in [1.165, 1.54) is 29.2 Å². The van der Waals surface area contributed by atoms with Crippen LogP contribution in [0.4, 0.5) is 5.69 Å². The molecule has 1 atom stereocenters. The number of aryl methyl sites for hydroxylation is 1. The van der Waals surface area contributed by atoms with E-state index < -0.39 is 27.9 Å². The molecule has 3 aromatic rings. The second-order valence-corrected chi connectivity index (χ2v) is 10.5. The highest BCUT2D eigenvalue weighted by atomic mass is 32.2. The van der Waals surface area contributed by atoms with Gasteiger partial charge in [0.2, 0.25) is 10.0 Å². The summed E-state index contributed by atoms with van der Waals surface area (Å²) in [6.07, 6.45) is 0. The number of anilines is 1. The maximum Gasteiger partial charge on any atom is 0.263 e. The summed E-state index contributed by atoms with van der Waals surface area (Å²) in [5.74, 6) is 4.56. The van der Waals surface area contributed by atoms with Gasteiger partial charge in [-0.3, -0.25) is 14.8 Å². The number of nitrogens with one attached hydrogen (secondary N) is 1. The summed E-state index contributed by atoms with van der Waals surface area (Å²) < 4.78 is 34.2. The number of hydrogen-bond donors (Lipinski definition) is 2. The number of hydrogen-bond acceptors (Lipinski definition) is 6. The van der Waals surface area contributed by atoms with Crippen molar-refractivity contribution in [2.75, 3.05) is 18.1 Å². The van der Waals surface area contributed by atoms with Crippen molar-refractivity contribution in [2.24, 2.45) is 0 Å². The second kappa shape index (κ2) is 11.5. The molecule has 0 fully saturated rings. The quantitative estimate of drug-likeness (QED) is 0.286. The third-order valence-electron chi connectivity index (χ3n) is 6.15. The van der Waals surface area contributed by atoms with E-state index in [4.69, 9.17) is 4.74 Å². The minimum Gasteiger partial charge on any atom is -0.481 e. The zero-order valence-electron chi connectivity index (χ0n) is 20.9. The molecule has 10 heteroatoms. The molecule has 0 bridgehead atoms. The predicted molar refractivity (Wildman–Crippen MR) is 141 cm³/mol. The third-order valence-corrected chi connectivity index (χ3v) is 8.02. The van der Waals surface area contributed by atoms with Crippen LogP contribution in [0, 0.1) is 18.8 Å². The lowest BCUT2D eigenvalue weighted by molar-refractivity contribution is -0.133. The molecule has 0 aromatic heterocycles. The van der Waals surface area contributed by atoms with E-state index in [1.807, 2.05) is 13.0 Å². The number of carbonyl (C=O) groups excluding carboxylic acids is 2. The van der Waals surface area contributed by atoms with Crippen molar-refractivity contribution in [1.29, 1.82) is 0 Å². The van der Waals surface area contributed by atoms with E-state index in [2.05, 4.69) is 11.8 Å². The molecule has 196 valence electrons. The Balaban J connectivity index is 1.78. The number of fused-ring (bicyclic) bond motifs is 1. The molecule has 38 heavy (non-hydrogen) atoms. The van der Waals surface area contributed by atoms with Crippen LogP contribution < -0.4 is 15.1 Å². The summed E-state index contributed by atoms with van der Waals surface area (Å²) in [7, 11) is -4.26. The minimum atomic E-state index is -4.26. The molecule has 2 amide bonds. The standard InChI is InChI=1S/C28H27N3O6S/c1-3-4-16-37-23-11-13-24(14-12-23)38(35,36)31-18-22-17-20(2)10-15-25(22)30(19-26(31)27(32)29-34)28(33)21-8-6-5-7-9-21/h5-15,17,26,34H,16,18-19H2,1-2H3,(H,29,32). The molecule has 3 aromatic carbocycles. The average molecular weight is 534 g/mol. The van der Waals surface area contributed by atoms with Crippen LogP contribution in [0.5, 0.6) is 5.75 Å². The normalized spacial score (nSPS) is 15.4. The molecule has 2 N–H and O–H groups in total. The van der Waals surface area contributed by atoms with Crippen molar-refractivity contribution < 1.29 is 28.0 Å². The zero-order chi connectivity index (χ0) is 27.3. The topological polar surface area (TPSA) is 116 Å². The monoisotopic (exact) mass is 533 g/mol. The lowest BCUT2D eigenvalue weighted by atomic mass is 10.1. The highest BCUT2D eigenvalue weighted by molar-refractivity contribution is 7.89. The van der Waals surface area contributed by atoms with Gasteiger partial charge >= 0.3 is 0 Å². The van der Waals surface area contributed by atoms with Gasteiger partial charge in [-0.15, -0.1) is 5.92 Å². The Morgan fingerprint density at radius 2 is 1.79 bits per heavy atom. The Morgan fingerprint density at radius 1 is 1.08 bits per heavy atom. The zero-order valence-corrected chi connectivity index (χ0v) is 21.7. The van der Waals surface area contributed by atoms with Crippen molar-refractivity contribution in [1.82, 2.24) is 9.79 Å². The number of amides is 2. The molecule has 0 radical (unpaired) electrons. The number of ether oxygens (including phenoxy) is 1. The third kappa shape index (κ3) is 5.55. The fourth-order valence-electron chi connectivity index (χ4n) is 4.25. The maximum atomic E-state index is 13.9. The Labute approximate surface area is 221 Å². The molecule has 0 saturated heterocycles. The van der Waals surface area contributed by atoms with Gasteiger partial charge in [0.1, 0.15) is 18.4 Å². The SMILES string of the molecule is CC#CCOc1ccc(S(=O)(=O)N2Cc3cc(C)ccc3N(C(=O)c3ccccc3)CC2C(=O)NO)cc1. The molecule has 4 rings (SSSR count). The predicted octanol–water partition coefficient (Wildman–Crippen LogP) is 3.12. The Kier molecular flexibility index (Phi) is 8.12. The maximum absolute atomic E-state index is 13.9. The van der Waals surface area contributed by atoms with Crippen LogP contribution >= 0.6 is 0 Å². The number of nitrogens with zero attached hydrogens (tertiary/aromatic N) is 2. The Morgan fingerprint density at radius 3 is 2.45 bits per heavy atom. The van der Waals surface area contributed by atoms with E-state index in [1.54, 1.807) is 54.9 Å². The summed E-state index contributed by atoms with van der Waals surface area (Å²) in [6.45, 7) is 3.20. The minimum absolute atomic E-state index is 0.0702. The lowest BCUT2D eigenvalue weighted by Crippen LogP contribution is -2.53.